The second kappa shape index (κ2) is 9.95. The summed E-state index contributed by atoms with van der Waals surface area (Å²) in [5.41, 5.74) is 6.99. The highest BCUT2D eigenvalue weighted by atomic mass is 19.1. The minimum Gasteiger partial charge on any atom is -0.483 e. The molecule has 0 aliphatic carbocycles. The Kier molecular flexibility index (Phi) is 6.45. The molecule has 2 fully saturated rings. The summed E-state index contributed by atoms with van der Waals surface area (Å²) in [5, 5.41) is 7.49. The first-order valence-corrected chi connectivity index (χ1v) is 13.1. The molecule has 206 valence electrons. The summed E-state index contributed by atoms with van der Waals surface area (Å²) in [7, 11) is 1.72. The van der Waals surface area contributed by atoms with Crippen LogP contribution in [0.15, 0.2) is 24.3 Å². The number of amides is 2. The van der Waals surface area contributed by atoms with E-state index in [1.165, 1.54) is 16.6 Å². The zero-order valence-corrected chi connectivity index (χ0v) is 21.6. The van der Waals surface area contributed by atoms with Crippen LogP contribution in [0.3, 0.4) is 0 Å². The zero-order valence-electron chi connectivity index (χ0n) is 21.6. The average Bonchev–Trinajstić information content (AvgIpc) is 3.32. The minimum absolute atomic E-state index is 0.0339. The number of hydrogen-bond donors (Lipinski definition) is 2. The Morgan fingerprint density at radius 1 is 1.13 bits per heavy atom. The standard InChI is InChI=1S/C26H30F2N8O3/c1-33-9-7-30-22(37)14-39-20-6-5-15(27)10-17(20)26(38)35-8-3-2-4-19(35)18-11-21-31-24(34-12-16(29)13-34)23(28)25(33)36(21)32-18/h5-6,10-11,16,19H,2-4,7-9,12-14,29H2,1H3,(H,30,37). The lowest BCUT2D eigenvalue weighted by molar-refractivity contribution is -0.123. The smallest absolute Gasteiger partial charge is 0.258 e. The molecular weight excluding hydrogens is 510 g/mol. The lowest BCUT2D eigenvalue weighted by Gasteiger charge is -2.38. The van der Waals surface area contributed by atoms with Crippen molar-refractivity contribution in [3.05, 3.63) is 47.2 Å². The summed E-state index contributed by atoms with van der Waals surface area (Å²) in [4.78, 5) is 36.0. The van der Waals surface area contributed by atoms with Crippen LogP contribution >= 0.6 is 0 Å². The van der Waals surface area contributed by atoms with E-state index in [-0.39, 0.29) is 48.7 Å². The van der Waals surface area contributed by atoms with Crippen LogP contribution in [0, 0.1) is 11.6 Å². The highest BCUT2D eigenvalue weighted by Gasteiger charge is 2.35. The van der Waals surface area contributed by atoms with Crippen molar-refractivity contribution in [3.63, 3.8) is 0 Å². The van der Waals surface area contributed by atoms with Gasteiger partial charge in [0, 0.05) is 51.9 Å². The maximum absolute atomic E-state index is 16.0. The van der Waals surface area contributed by atoms with Crippen LogP contribution in [0.5, 0.6) is 5.75 Å². The molecule has 2 saturated heterocycles. The Balaban J connectivity index is 1.49. The molecule has 39 heavy (non-hydrogen) atoms. The number of nitrogens with zero attached hydrogens (tertiary/aromatic N) is 6. The van der Waals surface area contributed by atoms with Gasteiger partial charge < -0.3 is 30.5 Å². The Bertz CT molecular complexity index is 1440. The summed E-state index contributed by atoms with van der Waals surface area (Å²) in [6, 6.07) is 4.98. The Morgan fingerprint density at radius 3 is 2.74 bits per heavy atom. The van der Waals surface area contributed by atoms with Crippen LogP contribution in [0.4, 0.5) is 20.4 Å². The van der Waals surface area contributed by atoms with Gasteiger partial charge in [-0.15, -0.1) is 0 Å². The lowest BCUT2D eigenvalue weighted by Crippen LogP contribution is -2.56. The third-order valence-corrected chi connectivity index (χ3v) is 7.50. The molecule has 1 aromatic carbocycles. The van der Waals surface area contributed by atoms with Crippen molar-refractivity contribution in [1.29, 1.82) is 0 Å². The van der Waals surface area contributed by atoms with Crippen LogP contribution in [-0.2, 0) is 4.79 Å². The molecule has 2 aromatic heterocycles. The van der Waals surface area contributed by atoms with E-state index in [1.807, 2.05) is 0 Å². The van der Waals surface area contributed by atoms with Gasteiger partial charge in [-0.25, -0.2) is 9.37 Å². The van der Waals surface area contributed by atoms with Crippen molar-refractivity contribution in [3.8, 4) is 5.75 Å². The molecule has 6 rings (SSSR count). The monoisotopic (exact) mass is 540 g/mol. The fourth-order valence-electron chi connectivity index (χ4n) is 5.46. The molecule has 3 aliphatic heterocycles. The Hall–Kier alpha value is -4.00. The molecule has 1 unspecified atom stereocenters. The van der Waals surface area contributed by atoms with Crippen LogP contribution in [0.1, 0.15) is 41.4 Å². The van der Waals surface area contributed by atoms with E-state index in [0.717, 1.165) is 18.9 Å². The normalized spacial score (nSPS) is 20.9. The largest absolute Gasteiger partial charge is 0.483 e. The number of fused-ring (bicyclic) bond motifs is 4. The minimum atomic E-state index is -0.587. The van der Waals surface area contributed by atoms with Crippen molar-refractivity contribution < 1.29 is 23.1 Å². The van der Waals surface area contributed by atoms with Gasteiger partial charge in [0.2, 0.25) is 5.82 Å². The second-order valence-corrected chi connectivity index (χ2v) is 10.3. The van der Waals surface area contributed by atoms with Gasteiger partial charge >= 0.3 is 0 Å². The topological polar surface area (TPSA) is 121 Å². The quantitative estimate of drug-likeness (QED) is 0.476. The molecule has 5 heterocycles. The van der Waals surface area contributed by atoms with E-state index in [0.29, 0.717) is 37.4 Å². The number of benzene rings is 1. The summed E-state index contributed by atoms with van der Waals surface area (Å²) >= 11 is 0. The van der Waals surface area contributed by atoms with Gasteiger partial charge in [-0.3, -0.25) is 9.59 Å². The fourth-order valence-corrected chi connectivity index (χ4v) is 5.46. The van der Waals surface area contributed by atoms with Gasteiger partial charge in [0.15, 0.2) is 23.9 Å². The zero-order chi connectivity index (χ0) is 27.3. The number of ether oxygens (including phenoxy) is 1. The van der Waals surface area contributed by atoms with E-state index in [1.54, 1.807) is 27.8 Å². The summed E-state index contributed by atoms with van der Waals surface area (Å²) in [5.74, 6) is -1.46. The van der Waals surface area contributed by atoms with Crippen molar-refractivity contribution in [2.75, 3.05) is 56.2 Å². The molecule has 0 spiro atoms. The van der Waals surface area contributed by atoms with Crippen molar-refractivity contribution in [2.24, 2.45) is 5.73 Å². The van der Waals surface area contributed by atoms with E-state index in [2.05, 4.69) is 10.3 Å². The predicted octanol–water partition coefficient (Wildman–Crippen LogP) is 1.47. The van der Waals surface area contributed by atoms with Gasteiger partial charge in [0.05, 0.1) is 17.3 Å². The van der Waals surface area contributed by atoms with Gasteiger partial charge in [-0.05, 0) is 37.5 Å². The molecule has 3 N–H and O–H groups in total. The average molecular weight is 541 g/mol. The van der Waals surface area contributed by atoms with Crippen molar-refractivity contribution in [2.45, 2.75) is 31.3 Å². The number of rotatable bonds is 1. The number of aromatic nitrogens is 3. The van der Waals surface area contributed by atoms with Crippen molar-refractivity contribution >= 4 is 29.1 Å². The molecule has 3 aromatic rings. The Morgan fingerprint density at radius 2 is 1.95 bits per heavy atom. The third kappa shape index (κ3) is 4.60. The molecule has 1 atom stereocenters. The van der Waals surface area contributed by atoms with E-state index in [4.69, 9.17) is 15.6 Å². The molecular formula is C26H30F2N8O3. The number of nitrogens with one attached hydrogen (secondary N) is 1. The van der Waals surface area contributed by atoms with Gasteiger partial charge in [-0.1, -0.05) is 0 Å². The summed E-state index contributed by atoms with van der Waals surface area (Å²) in [6.07, 6.45) is 2.26. The number of piperidine rings is 1. The molecule has 13 heteroatoms. The molecule has 3 aliphatic rings. The SMILES string of the molecule is CN1CCNC(=O)COc2ccc(F)cc2C(=O)N2CCCCC2c2cc3nc(N4CC(N)C4)c(F)c1n3n2. The molecule has 2 bridgehead atoms. The van der Waals surface area contributed by atoms with Crippen molar-refractivity contribution in [1.82, 2.24) is 24.8 Å². The molecule has 0 radical (unpaired) electrons. The fraction of sp³-hybridized carbons (Fsp3) is 0.462. The maximum Gasteiger partial charge on any atom is 0.258 e. The van der Waals surface area contributed by atoms with E-state index >= 15 is 4.39 Å². The highest BCUT2D eigenvalue weighted by Crippen LogP contribution is 2.36. The van der Waals surface area contributed by atoms with Crippen LogP contribution in [0.2, 0.25) is 0 Å². The molecule has 2 amide bonds. The van der Waals surface area contributed by atoms with E-state index < -0.39 is 29.5 Å². The number of carbonyl (C=O) groups excluding carboxylic acids is 2. The highest BCUT2D eigenvalue weighted by molar-refractivity contribution is 5.97. The van der Waals surface area contributed by atoms with Gasteiger partial charge in [0.25, 0.3) is 11.8 Å². The number of nitrogens with two attached hydrogens (primary N) is 1. The second-order valence-electron chi connectivity index (χ2n) is 10.3. The van der Waals surface area contributed by atoms with Crippen LogP contribution < -0.4 is 25.6 Å². The Labute approximate surface area is 223 Å². The first-order valence-electron chi connectivity index (χ1n) is 13.1. The maximum atomic E-state index is 16.0. The number of anilines is 2. The predicted molar refractivity (Wildman–Crippen MR) is 139 cm³/mol. The molecule has 0 saturated carbocycles. The van der Waals surface area contributed by atoms with Crippen LogP contribution in [-0.4, -0.2) is 83.7 Å². The van der Waals surface area contributed by atoms with Gasteiger partial charge in [-0.2, -0.15) is 14.0 Å². The number of likely N-dealkylation sites (N-methyl/N-ethyl adjacent to an activating group) is 1. The first-order chi connectivity index (χ1) is 18.8. The lowest BCUT2D eigenvalue weighted by atomic mass is 9.98. The van der Waals surface area contributed by atoms with Crippen LogP contribution in [0.25, 0.3) is 5.65 Å². The summed E-state index contributed by atoms with van der Waals surface area (Å²) < 4.78 is 37.3. The summed E-state index contributed by atoms with van der Waals surface area (Å²) in [6.45, 7) is 1.53. The third-order valence-electron chi connectivity index (χ3n) is 7.50. The van der Waals surface area contributed by atoms with E-state index in [9.17, 15) is 14.0 Å². The first kappa shape index (κ1) is 25.3. The number of hydrogen-bond acceptors (Lipinski definition) is 8. The van der Waals surface area contributed by atoms with Gasteiger partial charge in [0.1, 0.15) is 11.6 Å². The number of carbonyl (C=O) groups is 2. The molecule has 11 nitrogen and oxygen atoms in total. The number of halogens is 2.